The van der Waals surface area contributed by atoms with Gasteiger partial charge in [0.2, 0.25) is 0 Å². The minimum atomic E-state index is 0.123. The first-order chi connectivity index (χ1) is 23.3. The van der Waals surface area contributed by atoms with Crippen LogP contribution in [0.15, 0.2) is 170 Å². The number of aromatic nitrogens is 2. The fourth-order valence-corrected chi connectivity index (χ4v) is 6.84. The van der Waals surface area contributed by atoms with Gasteiger partial charge in [-0.25, -0.2) is 9.97 Å². The molecule has 0 amide bonds. The predicted molar refractivity (Wildman–Crippen MR) is 192 cm³/mol. The van der Waals surface area contributed by atoms with E-state index in [-0.39, 0.29) is 6.04 Å². The lowest BCUT2D eigenvalue weighted by Gasteiger charge is -2.30. The van der Waals surface area contributed by atoms with Crippen LogP contribution in [0.25, 0.3) is 60.9 Å². The average Bonchev–Trinajstić information content (AvgIpc) is 3.55. The number of nitrogens with zero attached hydrogens (tertiary/aromatic N) is 3. The summed E-state index contributed by atoms with van der Waals surface area (Å²) in [6, 6.07) is 59.8. The van der Waals surface area contributed by atoms with Crippen molar-refractivity contribution in [3.63, 3.8) is 0 Å². The van der Waals surface area contributed by atoms with Crippen LogP contribution in [-0.4, -0.2) is 9.97 Å². The Morgan fingerprint density at radius 1 is 0.468 bits per heavy atom. The molecule has 47 heavy (non-hydrogen) atoms. The number of quaternary nitrogens is 1. The minimum absolute atomic E-state index is 0.123. The molecule has 0 radical (unpaired) electrons. The molecule has 1 aromatic heterocycles. The van der Waals surface area contributed by atoms with Gasteiger partial charge >= 0.3 is 0 Å². The normalized spacial score (nSPS) is 15.4. The smallest absolute Gasteiger partial charge is 0.160 e. The van der Waals surface area contributed by atoms with Gasteiger partial charge in [-0.2, -0.15) is 0 Å². The number of rotatable bonds is 5. The summed E-state index contributed by atoms with van der Waals surface area (Å²) >= 11 is 0. The van der Waals surface area contributed by atoms with Gasteiger partial charge in [-0.3, -0.25) is 0 Å². The van der Waals surface area contributed by atoms with Crippen LogP contribution in [0.5, 0.6) is 0 Å². The standard InChI is InChI=1S/C43H30N4/c1-3-12-33(13-4-1)42-37-17-9-10-18-39(37)46-47(42)35-26-23-30(24-27-35)29-19-21-32(22-20-29)40-38-28-25-31-11-7-8-16-36(31)41(38)45-43(44-40)34-14-5-2-6-15-34/h1-28,42,47H. The van der Waals surface area contributed by atoms with Crippen LogP contribution < -0.4 is 5.01 Å². The lowest BCUT2D eigenvalue weighted by atomic mass is 9.97. The third kappa shape index (κ3) is 4.83. The molecule has 7 aromatic carbocycles. The van der Waals surface area contributed by atoms with Crippen LogP contribution in [0.4, 0.5) is 11.4 Å². The molecule has 2 atom stereocenters. The first kappa shape index (κ1) is 27.2. The summed E-state index contributed by atoms with van der Waals surface area (Å²) in [5, 5.41) is 4.44. The van der Waals surface area contributed by atoms with Gasteiger partial charge in [-0.15, -0.1) is 0 Å². The fraction of sp³-hybridized carbons (Fsp3) is 0.0233. The molecule has 2 unspecified atom stereocenters. The molecule has 0 aliphatic carbocycles. The van der Waals surface area contributed by atoms with Crippen molar-refractivity contribution in [1.82, 2.24) is 9.97 Å². The van der Waals surface area contributed by atoms with Crippen LogP contribution in [-0.2, 0) is 0 Å². The summed E-state index contributed by atoms with van der Waals surface area (Å²) < 4.78 is 0. The van der Waals surface area contributed by atoms with Crippen LogP contribution in [0.1, 0.15) is 17.2 Å². The first-order valence-electron chi connectivity index (χ1n) is 16.0. The summed E-state index contributed by atoms with van der Waals surface area (Å²) in [6.45, 7) is 0. The zero-order valence-corrected chi connectivity index (χ0v) is 25.6. The van der Waals surface area contributed by atoms with Crippen molar-refractivity contribution in [3.05, 3.63) is 186 Å². The maximum atomic E-state index is 5.13. The van der Waals surface area contributed by atoms with Gasteiger partial charge in [0.05, 0.1) is 11.2 Å². The average molecular weight is 603 g/mol. The Labute approximate surface area is 273 Å². The summed E-state index contributed by atoms with van der Waals surface area (Å²) in [4.78, 5) is 10.2. The Hall–Kier alpha value is -6.10. The van der Waals surface area contributed by atoms with E-state index >= 15 is 0 Å². The topological polar surface area (TPSA) is 44.3 Å². The summed E-state index contributed by atoms with van der Waals surface area (Å²) in [5.74, 6) is 0.731. The maximum Gasteiger partial charge on any atom is 0.160 e. The summed E-state index contributed by atoms with van der Waals surface area (Å²) in [6.07, 6.45) is 0. The highest BCUT2D eigenvalue weighted by Crippen LogP contribution is 2.38. The zero-order chi connectivity index (χ0) is 31.2. The molecule has 222 valence electrons. The number of hydrogen-bond donors (Lipinski definition) is 1. The van der Waals surface area contributed by atoms with Crippen molar-refractivity contribution in [1.29, 1.82) is 0 Å². The van der Waals surface area contributed by atoms with E-state index in [4.69, 9.17) is 15.4 Å². The Morgan fingerprint density at radius 3 is 1.89 bits per heavy atom. The van der Waals surface area contributed by atoms with E-state index in [1.807, 2.05) is 18.2 Å². The van der Waals surface area contributed by atoms with E-state index in [0.717, 1.165) is 66.4 Å². The molecule has 1 aliphatic heterocycles. The van der Waals surface area contributed by atoms with Crippen molar-refractivity contribution >= 4 is 33.1 Å². The molecule has 0 bridgehead atoms. The summed E-state index contributed by atoms with van der Waals surface area (Å²) in [7, 11) is 0. The second-order valence-electron chi connectivity index (χ2n) is 12.0. The van der Waals surface area contributed by atoms with E-state index in [1.54, 1.807) is 0 Å². The molecule has 0 spiro atoms. The lowest BCUT2D eigenvalue weighted by molar-refractivity contribution is -0.811. The van der Waals surface area contributed by atoms with Crippen LogP contribution >= 0.6 is 0 Å². The Morgan fingerprint density at radius 2 is 1.11 bits per heavy atom. The zero-order valence-electron chi connectivity index (χ0n) is 25.6. The molecule has 1 aliphatic rings. The van der Waals surface area contributed by atoms with Gasteiger partial charge in [-0.05, 0) is 46.8 Å². The van der Waals surface area contributed by atoms with E-state index < -0.39 is 0 Å². The number of para-hydroxylation sites is 1. The Balaban J connectivity index is 1.07. The molecular formula is C43H30N4. The van der Waals surface area contributed by atoms with Crippen molar-refractivity contribution in [3.8, 4) is 33.8 Å². The van der Waals surface area contributed by atoms with E-state index in [1.165, 1.54) is 16.5 Å². The number of benzene rings is 7. The van der Waals surface area contributed by atoms with E-state index in [9.17, 15) is 0 Å². The van der Waals surface area contributed by atoms with Crippen LogP contribution in [0.2, 0.25) is 0 Å². The maximum absolute atomic E-state index is 5.13. The Bertz CT molecular complexity index is 2370. The second kappa shape index (κ2) is 11.4. The van der Waals surface area contributed by atoms with Crippen molar-refractivity contribution < 1.29 is 5.01 Å². The third-order valence-corrected chi connectivity index (χ3v) is 9.19. The van der Waals surface area contributed by atoms with Crippen LogP contribution in [0, 0.1) is 0 Å². The third-order valence-electron chi connectivity index (χ3n) is 9.19. The molecule has 4 heteroatoms. The van der Waals surface area contributed by atoms with Gasteiger partial charge in [0.25, 0.3) is 0 Å². The first-order valence-corrected chi connectivity index (χ1v) is 16.0. The van der Waals surface area contributed by atoms with Crippen molar-refractivity contribution in [2.75, 3.05) is 0 Å². The number of nitrogens with one attached hydrogen (secondary N) is 1. The van der Waals surface area contributed by atoms with Gasteiger partial charge in [0.15, 0.2) is 5.82 Å². The predicted octanol–water partition coefficient (Wildman–Crippen LogP) is 10.0. The number of fused-ring (bicyclic) bond motifs is 4. The summed E-state index contributed by atoms with van der Waals surface area (Å²) in [5.41, 5.74) is 16.1. The van der Waals surface area contributed by atoms with E-state index in [2.05, 4.69) is 152 Å². The molecule has 0 fully saturated rings. The molecule has 4 nitrogen and oxygen atoms in total. The molecule has 2 heterocycles. The van der Waals surface area contributed by atoms with Gasteiger partial charge in [-0.1, -0.05) is 145 Å². The number of hydrogen-bond acceptors (Lipinski definition) is 2. The van der Waals surface area contributed by atoms with Gasteiger partial charge in [0, 0.05) is 33.0 Å². The van der Waals surface area contributed by atoms with Gasteiger partial charge < -0.3 is 10.4 Å². The van der Waals surface area contributed by atoms with Crippen molar-refractivity contribution in [2.24, 2.45) is 0 Å². The molecule has 1 N–H and O–H groups in total. The lowest BCUT2D eigenvalue weighted by Crippen LogP contribution is -3.01. The molecule has 0 saturated heterocycles. The minimum Gasteiger partial charge on any atom is -0.482 e. The molecule has 9 rings (SSSR count). The van der Waals surface area contributed by atoms with E-state index in [0.29, 0.717) is 0 Å². The Kier molecular flexibility index (Phi) is 6.58. The fourth-order valence-electron chi connectivity index (χ4n) is 6.84. The molecule has 8 aromatic rings. The van der Waals surface area contributed by atoms with Crippen molar-refractivity contribution in [2.45, 2.75) is 6.04 Å². The largest absolute Gasteiger partial charge is 0.482 e. The highest BCUT2D eigenvalue weighted by Gasteiger charge is 2.29. The highest BCUT2D eigenvalue weighted by atomic mass is 15.5. The van der Waals surface area contributed by atoms with Gasteiger partial charge in [0.1, 0.15) is 11.7 Å². The molecule has 0 saturated carbocycles. The second-order valence-corrected chi connectivity index (χ2v) is 12.0. The molecular weight excluding hydrogens is 573 g/mol. The SMILES string of the molecule is c1ccc(-c2nc(-c3ccc(-c4ccc([NH+]5[N-]c6ccccc6C5c5ccccc5)cc4)cc3)c3ccc4ccccc4c3n2)cc1. The van der Waals surface area contributed by atoms with Crippen LogP contribution in [0.3, 0.4) is 0 Å². The highest BCUT2D eigenvalue weighted by molar-refractivity contribution is 6.09. The monoisotopic (exact) mass is 602 g/mol. The quantitative estimate of drug-likeness (QED) is 0.199.